The maximum Gasteiger partial charge on any atom is 0.139 e. The van der Waals surface area contributed by atoms with E-state index in [1.807, 2.05) is 53.1 Å². The van der Waals surface area contributed by atoms with Gasteiger partial charge in [0.2, 0.25) is 0 Å². The SMILES string of the molecule is CC(C)(C)CC(C)(C)Nc1c(-c2cccc(C#Cc3ccccn3)c2)nc2ccc(Cl)cn12. The van der Waals surface area contributed by atoms with Crippen LogP contribution in [0.4, 0.5) is 5.82 Å². The Morgan fingerprint density at radius 1 is 0.970 bits per heavy atom. The third-order valence-electron chi connectivity index (χ3n) is 5.15. The Hall–Kier alpha value is -3.29. The van der Waals surface area contributed by atoms with Gasteiger partial charge in [-0.15, -0.1) is 0 Å². The zero-order valence-electron chi connectivity index (χ0n) is 19.8. The molecule has 3 aromatic heterocycles. The lowest BCUT2D eigenvalue weighted by atomic mass is 9.82. The molecule has 0 saturated heterocycles. The van der Waals surface area contributed by atoms with Crippen LogP contribution in [0.3, 0.4) is 0 Å². The number of halogens is 1. The van der Waals surface area contributed by atoms with Gasteiger partial charge in [-0.25, -0.2) is 9.97 Å². The van der Waals surface area contributed by atoms with E-state index in [0.717, 1.165) is 40.4 Å². The molecule has 4 aromatic rings. The van der Waals surface area contributed by atoms with E-state index in [4.69, 9.17) is 16.6 Å². The van der Waals surface area contributed by atoms with Gasteiger partial charge in [-0.2, -0.15) is 0 Å². The summed E-state index contributed by atoms with van der Waals surface area (Å²) < 4.78 is 2.04. The van der Waals surface area contributed by atoms with E-state index in [-0.39, 0.29) is 11.0 Å². The molecule has 1 aromatic carbocycles. The van der Waals surface area contributed by atoms with Gasteiger partial charge in [0.1, 0.15) is 22.9 Å². The van der Waals surface area contributed by atoms with Crippen LogP contribution in [0.2, 0.25) is 5.02 Å². The molecule has 0 aliphatic rings. The maximum absolute atomic E-state index is 6.35. The van der Waals surface area contributed by atoms with Crippen molar-refractivity contribution in [3.63, 3.8) is 0 Å². The van der Waals surface area contributed by atoms with Gasteiger partial charge in [-0.3, -0.25) is 4.40 Å². The molecule has 0 amide bonds. The highest BCUT2D eigenvalue weighted by Crippen LogP contribution is 2.35. The topological polar surface area (TPSA) is 42.2 Å². The number of imidazole rings is 1. The van der Waals surface area contributed by atoms with E-state index < -0.39 is 0 Å². The Morgan fingerprint density at radius 2 is 1.79 bits per heavy atom. The lowest BCUT2D eigenvalue weighted by Gasteiger charge is -2.34. The number of pyridine rings is 2. The number of benzene rings is 1. The van der Waals surface area contributed by atoms with Gasteiger partial charge in [-0.1, -0.05) is 56.5 Å². The Morgan fingerprint density at radius 3 is 2.52 bits per heavy atom. The molecule has 168 valence electrons. The van der Waals surface area contributed by atoms with Crippen LogP contribution in [0.1, 0.15) is 52.3 Å². The van der Waals surface area contributed by atoms with Crippen molar-refractivity contribution < 1.29 is 0 Å². The molecule has 4 rings (SSSR count). The monoisotopic (exact) mass is 456 g/mol. The summed E-state index contributed by atoms with van der Waals surface area (Å²) in [6.07, 6.45) is 4.65. The molecule has 0 unspecified atom stereocenters. The van der Waals surface area contributed by atoms with Crippen LogP contribution >= 0.6 is 11.6 Å². The fraction of sp³-hybridized carbons (Fsp3) is 0.286. The Labute approximate surface area is 201 Å². The average Bonchev–Trinajstić information content (AvgIpc) is 3.08. The predicted molar refractivity (Wildman–Crippen MR) is 138 cm³/mol. The summed E-state index contributed by atoms with van der Waals surface area (Å²) in [5.74, 6) is 7.28. The van der Waals surface area contributed by atoms with Crippen molar-refractivity contribution >= 4 is 23.1 Å². The number of hydrogen-bond donors (Lipinski definition) is 1. The Bertz CT molecular complexity index is 1340. The molecule has 0 saturated carbocycles. The van der Waals surface area contributed by atoms with Crippen LogP contribution < -0.4 is 5.32 Å². The minimum Gasteiger partial charge on any atom is -0.364 e. The number of nitrogens with one attached hydrogen (secondary N) is 1. The standard InChI is InChI=1S/C28H29ClN4/c1-27(2,3)19-28(4,5)32-26-25(31-24-15-13-22(29)18-33(24)26)21-10-8-9-20(17-21)12-14-23-11-6-7-16-30-23/h6-11,13,15-18,32H,19H2,1-5H3. The van der Waals surface area contributed by atoms with Crippen molar-refractivity contribution in [1.82, 2.24) is 14.4 Å². The third kappa shape index (κ3) is 5.74. The average molecular weight is 457 g/mol. The molecule has 0 fully saturated rings. The number of aromatic nitrogens is 3. The predicted octanol–water partition coefficient (Wildman–Crippen LogP) is 7.08. The fourth-order valence-corrected chi connectivity index (χ4v) is 4.51. The van der Waals surface area contributed by atoms with Gasteiger partial charge < -0.3 is 5.32 Å². The van der Waals surface area contributed by atoms with Crippen molar-refractivity contribution in [1.29, 1.82) is 0 Å². The maximum atomic E-state index is 6.35. The van der Waals surface area contributed by atoms with Gasteiger partial charge in [0.15, 0.2) is 0 Å². The number of rotatable bonds is 4. The van der Waals surface area contributed by atoms with Gasteiger partial charge in [-0.05, 0) is 68.0 Å². The van der Waals surface area contributed by atoms with Gasteiger partial charge in [0.25, 0.3) is 0 Å². The van der Waals surface area contributed by atoms with E-state index in [1.165, 1.54) is 0 Å². The molecule has 3 heterocycles. The van der Waals surface area contributed by atoms with Crippen molar-refractivity contribution in [3.05, 3.63) is 83.3 Å². The minimum absolute atomic E-state index is 0.151. The summed E-state index contributed by atoms with van der Waals surface area (Å²) in [7, 11) is 0. The van der Waals surface area contributed by atoms with Crippen LogP contribution in [0, 0.1) is 17.3 Å². The molecular formula is C28H29ClN4. The van der Waals surface area contributed by atoms with Crippen LogP contribution in [0.15, 0.2) is 67.0 Å². The van der Waals surface area contributed by atoms with Crippen LogP contribution in [-0.2, 0) is 0 Å². The smallest absolute Gasteiger partial charge is 0.139 e. The first kappa shape index (κ1) is 22.9. The highest BCUT2D eigenvalue weighted by atomic mass is 35.5. The Kier molecular flexibility index (Phi) is 6.19. The highest BCUT2D eigenvalue weighted by molar-refractivity contribution is 6.30. The second-order valence-electron chi connectivity index (χ2n) is 10.2. The largest absolute Gasteiger partial charge is 0.364 e. The number of fused-ring (bicyclic) bond motifs is 1. The first-order valence-corrected chi connectivity index (χ1v) is 11.5. The molecule has 1 N–H and O–H groups in total. The molecule has 0 aliphatic heterocycles. The lowest BCUT2D eigenvalue weighted by molar-refractivity contribution is 0.302. The minimum atomic E-state index is -0.151. The number of anilines is 1. The number of hydrogen-bond acceptors (Lipinski definition) is 3. The highest BCUT2D eigenvalue weighted by Gasteiger charge is 2.28. The molecule has 33 heavy (non-hydrogen) atoms. The van der Waals surface area contributed by atoms with E-state index in [9.17, 15) is 0 Å². The molecular weight excluding hydrogens is 428 g/mol. The molecule has 0 aliphatic carbocycles. The van der Waals surface area contributed by atoms with E-state index in [2.05, 4.69) is 68.9 Å². The van der Waals surface area contributed by atoms with Crippen molar-refractivity contribution in [2.45, 2.75) is 46.6 Å². The zero-order chi connectivity index (χ0) is 23.6. The molecule has 5 heteroatoms. The second kappa shape index (κ2) is 8.92. The summed E-state index contributed by atoms with van der Waals surface area (Å²) in [6.45, 7) is 11.2. The third-order valence-corrected chi connectivity index (χ3v) is 5.37. The molecule has 0 spiro atoms. The quantitative estimate of drug-likeness (QED) is 0.334. The molecule has 4 nitrogen and oxygen atoms in total. The van der Waals surface area contributed by atoms with Gasteiger partial charge in [0.05, 0.1) is 5.02 Å². The summed E-state index contributed by atoms with van der Waals surface area (Å²) in [5, 5.41) is 4.43. The van der Waals surface area contributed by atoms with Crippen molar-refractivity contribution in [3.8, 4) is 23.1 Å². The molecule has 0 radical (unpaired) electrons. The first-order valence-electron chi connectivity index (χ1n) is 11.1. The summed E-state index contributed by atoms with van der Waals surface area (Å²) in [4.78, 5) is 9.23. The van der Waals surface area contributed by atoms with Crippen LogP contribution in [0.25, 0.3) is 16.9 Å². The number of nitrogens with zero attached hydrogens (tertiary/aromatic N) is 3. The van der Waals surface area contributed by atoms with Gasteiger partial charge >= 0.3 is 0 Å². The van der Waals surface area contributed by atoms with Crippen LogP contribution in [0.5, 0.6) is 0 Å². The molecule has 0 atom stereocenters. The summed E-state index contributed by atoms with van der Waals surface area (Å²) in [6, 6.07) is 17.7. The normalized spacial score (nSPS) is 11.8. The van der Waals surface area contributed by atoms with Gasteiger partial charge in [0, 0.05) is 29.1 Å². The summed E-state index contributed by atoms with van der Waals surface area (Å²) in [5.41, 5.74) is 4.40. The fourth-order valence-electron chi connectivity index (χ4n) is 4.35. The zero-order valence-corrected chi connectivity index (χ0v) is 20.5. The van der Waals surface area contributed by atoms with E-state index >= 15 is 0 Å². The van der Waals surface area contributed by atoms with E-state index in [1.54, 1.807) is 6.20 Å². The Balaban J connectivity index is 1.78. The lowest BCUT2D eigenvalue weighted by Crippen LogP contribution is -2.36. The van der Waals surface area contributed by atoms with Crippen LogP contribution in [-0.4, -0.2) is 19.9 Å². The second-order valence-corrected chi connectivity index (χ2v) is 10.6. The van der Waals surface area contributed by atoms with Crippen molar-refractivity contribution in [2.24, 2.45) is 5.41 Å². The first-order chi connectivity index (χ1) is 15.6. The molecule has 0 bridgehead atoms. The summed E-state index contributed by atoms with van der Waals surface area (Å²) >= 11 is 6.35. The van der Waals surface area contributed by atoms with Crippen molar-refractivity contribution in [2.75, 3.05) is 5.32 Å². The van der Waals surface area contributed by atoms with E-state index in [0.29, 0.717) is 5.02 Å².